The topological polar surface area (TPSA) is 54.8 Å². The Balaban J connectivity index is 1.52. The molecule has 4 atom stereocenters. The highest BCUT2D eigenvalue weighted by molar-refractivity contribution is 5.84. The summed E-state index contributed by atoms with van der Waals surface area (Å²) in [5, 5.41) is 13.8. The molecule has 2 aliphatic heterocycles. The Morgan fingerprint density at radius 2 is 1.91 bits per heavy atom. The Morgan fingerprint density at radius 3 is 2.69 bits per heavy atom. The van der Waals surface area contributed by atoms with E-state index in [0.717, 1.165) is 60.3 Å². The van der Waals surface area contributed by atoms with Gasteiger partial charge in [-0.1, -0.05) is 37.6 Å². The third kappa shape index (κ3) is 3.54. The highest BCUT2D eigenvalue weighted by Crippen LogP contribution is 2.48. The predicted molar refractivity (Wildman–Crippen MR) is 126 cm³/mol. The molecule has 0 radical (unpaired) electrons. The van der Waals surface area contributed by atoms with Crippen LogP contribution in [0.5, 0.6) is 11.5 Å². The molecule has 0 saturated carbocycles. The van der Waals surface area contributed by atoms with Crippen molar-refractivity contribution in [1.82, 2.24) is 9.88 Å². The van der Waals surface area contributed by atoms with Crippen molar-refractivity contribution in [3.05, 3.63) is 65.5 Å². The molecule has 0 bridgehead atoms. The fourth-order valence-corrected chi connectivity index (χ4v) is 5.86. The van der Waals surface area contributed by atoms with Gasteiger partial charge in [0.25, 0.3) is 0 Å². The highest BCUT2D eigenvalue weighted by Gasteiger charge is 2.42. The summed E-state index contributed by atoms with van der Waals surface area (Å²) < 4.78 is 11.2. The summed E-state index contributed by atoms with van der Waals surface area (Å²) in [6.07, 6.45) is 4.21. The largest absolute Gasteiger partial charge is 0.493 e. The molecular weight excluding hydrogens is 400 g/mol. The summed E-state index contributed by atoms with van der Waals surface area (Å²) in [4.78, 5) is 7.25. The van der Waals surface area contributed by atoms with E-state index in [2.05, 4.69) is 41.1 Å². The molecule has 1 saturated heterocycles. The van der Waals surface area contributed by atoms with E-state index >= 15 is 0 Å². The molecule has 0 amide bonds. The van der Waals surface area contributed by atoms with Gasteiger partial charge < -0.3 is 14.6 Å². The molecule has 3 aromatic rings. The van der Waals surface area contributed by atoms with Gasteiger partial charge in [-0.15, -0.1) is 0 Å². The summed E-state index contributed by atoms with van der Waals surface area (Å²) >= 11 is 0. The standard InChI is InChI=1S/C27H32N2O3/c1-4-17-16-29-12-10-19-13-24(31-2)25(32-3)15-21(19)23(29)14-22(17)27(30)26-20-8-6-5-7-18(20)9-11-28-26/h5-9,11,13,15,17,22-23,27,30H,4,10,12,14,16H2,1-3H3. The minimum Gasteiger partial charge on any atom is -0.493 e. The van der Waals surface area contributed by atoms with Crippen molar-refractivity contribution in [3.8, 4) is 11.5 Å². The van der Waals surface area contributed by atoms with Crippen molar-refractivity contribution in [1.29, 1.82) is 0 Å². The van der Waals surface area contributed by atoms with E-state index < -0.39 is 6.10 Å². The zero-order valence-corrected chi connectivity index (χ0v) is 19.1. The number of pyridine rings is 1. The number of fused-ring (bicyclic) bond motifs is 4. The molecule has 1 fully saturated rings. The predicted octanol–water partition coefficient (Wildman–Crippen LogP) is 4.93. The number of aliphatic hydroxyl groups excluding tert-OH is 1. The Kier molecular flexibility index (Phi) is 5.78. The van der Waals surface area contributed by atoms with Crippen LogP contribution in [0.25, 0.3) is 10.8 Å². The number of aromatic nitrogens is 1. The quantitative estimate of drug-likeness (QED) is 0.619. The van der Waals surface area contributed by atoms with Gasteiger partial charge in [-0.25, -0.2) is 0 Å². The van der Waals surface area contributed by atoms with E-state index in [1.54, 1.807) is 14.2 Å². The number of hydrogen-bond donors (Lipinski definition) is 1. The van der Waals surface area contributed by atoms with Gasteiger partial charge >= 0.3 is 0 Å². The van der Waals surface area contributed by atoms with E-state index in [4.69, 9.17) is 9.47 Å². The molecule has 168 valence electrons. The Morgan fingerprint density at radius 1 is 1.12 bits per heavy atom. The number of ether oxygens (including phenoxy) is 2. The van der Waals surface area contributed by atoms with E-state index in [-0.39, 0.29) is 12.0 Å². The molecule has 2 aliphatic rings. The van der Waals surface area contributed by atoms with Crippen LogP contribution in [-0.2, 0) is 6.42 Å². The Bertz CT molecular complexity index is 1110. The average molecular weight is 433 g/mol. The van der Waals surface area contributed by atoms with Crippen LogP contribution < -0.4 is 9.47 Å². The molecule has 5 heteroatoms. The minimum atomic E-state index is -0.585. The minimum absolute atomic E-state index is 0.151. The van der Waals surface area contributed by atoms with Crippen molar-refractivity contribution < 1.29 is 14.6 Å². The van der Waals surface area contributed by atoms with Gasteiger partial charge in [0.2, 0.25) is 0 Å². The fraction of sp³-hybridized carbons (Fsp3) is 0.444. The van der Waals surface area contributed by atoms with E-state index in [9.17, 15) is 5.11 Å². The lowest BCUT2D eigenvalue weighted by Gasteiger charge is -2.48. The maximum absolute atomic E-state index is 11.6. The van der Waals surface area contributed by atoms with Gasteiger partial charge in [-0.3, -0.25) is 9.88 Å². The average Bonchev–Trinajstić information content (AvgIpc) is 2.86. The lowest BCUT2D eigenvalue weighted by atomic mass is 9.72. The van der Waals surface area contributed by atoms with E-state index in [1.165, 1.54) is 11.1 Å². The lowest BCUT2D eigenvalue weighted by molar-refractivity contribution is -0.0186. The zero-order chi connectivity index (χ0) is 22.2. The summed E-state index contributed by atoms with van der Waals surface area (Å²) in [7, 11) is 3.38. The Hall–Kier alpha value is -2.63. The summed E-state index contributed by atoms with van der Waals surface area (Å²) in [5.74, 6) is 2.15. The normalized spacial score (nSPS) is 23.9. The SMILES string of the molecule is CCC1CN2CCc3cc(OC)c(OC)cc3C2CC1C(O)c1nccc2ccccc12. The molecule has 0 spiro atoms. The second kappa shape index (κ2) is 8.72. The van der Waals surface area contributed by atoms with Crippen LogP contribution in [0, 0.1) is 11.8 Å². The first-order valence-electron chi connectivity index (χ1n) is 11.6. The molecule has 4 unspecified atom stereocenters. The molecule has 1 N–H and O–H groups in total. The first-order chi connectivity index (χ1) is 15.6. The van der Waals surface area contributed by atoms with E-state index in [1.807, 2.05) is 24.4 Å². The maximum Gasteiger partial charge on any atom is 0.161 e. The molecule has 5 nitrogen and oxygen atoms in total. The molecule has 0 aliphatic carbocycles. The summed E-state index contributed by atoms with van der Waals surface area (Å²) in [6, 6.07) is 14.8. The third-order valence-corrected chi connectivity index (χ3v) is 7.60. The van der Waals surface area contributed by atoms with Crippen LogP contribution in [0.15, 0.2) is 48.7 Å². The van der Waals surface area contributed by atoms with Crippen LogP contribution in [0.3, 0.4) is 0 Å². The van der Waals surface area contributed by atoms with Crippen LogP contribution in [0.2, 0.25) is 0 Å². The van der Waals surface area contributed by atoms with Crippen LogP contribution in [0.1, 0.15) is 48.7 Å². The molecule has 1 aromatic heterocycles. The van der Waals surface area contributed by atoms with Crippen molar-refractivity contribution in [3.63, 3.8) is 0 Å². The number of piperidine rings is 1. The van der Waals surface area contributed by atoms with Gasteiger partial charge in [0.05, 0.1) is 26.0 Å². The van der Waals surface area contributed by atoms with Crippen LogP contribution in [-0.4, -0.2) is 42.3 Å². The lowest BCUT2D eigenvalue weighted by Crippen LogP contribution is -2.47. The number of rotatable bonds is 5. The molecule has 5 rings (SSSR count). The van der Waals surface area contributed by atoms with Crippen LogP contribution >= 0.6 is 0 Å². The molecule has 3 heterocycles. The second-order valence-electron chi connectivity index (χ2n) is 9.10. The molecular formula is C27H32N2O3. The van der Waals surface area contributed by atoms with E-state index in [0.29, 0.717) is 5.92 Å². The fourth-order valence-electron chi connectivity index (χ4n) is 5.86. The summed E-state index contributed by atoms with van der Waals surface area (Å²) in [6.45, 7) is 4.29. The first-order valence-corrected chi connectivity index (χ1v) is 11.6. The van der Waals surface area contributed by atoms with Gasteiger partial charge in [0.1, 0.15) is 0 Å². The molecule has 32 heavy (non-hydrogen) atoms. The number of nitrogens with zero attached hydrogens (tertiary/aromatic N) is 2. The summed E-state index contributed by atoms with van der Waals surface area (Å²) in [5.41, 5.74) is 3.45. The zero-order valence-electron chi connectivity index (χ0n) is 19.1. The maximum atomic E-state index is 11.6. The monoisotopic (exact) mass is 432 g/mol. The number of aliphatic hydroxyl groups is 1. The van der Waals surface area contributed by atoms with Gasteiger partial charge in [0.15, 0.2) is 11.5 Å². The van der Waals surface area contributed by atoms with Gasteiger partial charge in [0, 0.05) is 30.7 Å². The van der Waals surface area contributed by atoms with Crippen molar-refractivity contribution in [2.75, 3.05) is 27.3 Å². The highest BCUT2D eigenvalue weighted by atomic mass is 16.5. The first kappa shape index (κ1) is 21.2. The van der Waals surface area contributed by atoms with Gasteiger partial charge in [-0.2, -0.15) is 0 Å². The molecule has 2 aromatic carbocycles. The smallest absolute Gasteiger partial charge is 0.161 e. The number of hydrogen-bond acceptors (Lipinski definition) is 5. The van der Waals surface area contributed by atoms with Crippen molar-refractivity contribution >= 4 is 10.8 Å². The number of methoxy groups -OCH3 is 2. The number of benzene rings is 2. The van der Waals surface area contributed by atoms with Gasteiger partial charge in [-0.05, 0) is 59.4 Å². The van der Waals surface area contributed by atoms with Crippen molar-refractivity contribution in [2.45, 2.75) is 38.3 Å². The Labute approximate surface area is 190 Å². The second-order valence-corrected chi connectivity index (χ2v) is 9.10. The van der Waals surface area contributed by atoms with Crippen molar-refractivity contribution in [2.24, 2.45) is 11.8 Å². The van der Waals surface area contributed by atoms with Crippen LogP contribution in [0.4, 0.5) is 0 Å². The third-order valence-electron chi connectivity index (χ3n) is 7.60.